The summed E-state index contributed by atoms with van der Waals surface area (Å²) in [6, 6.07) is 15.1. The Hall–Kier alpha value is -4.84. The number of furan rings is 1. The summed E-state index contributed by atoms with van der Waals surface area (Å²) in [6.45, 7) is -0.158. The standard InChI is InChI=1S/C23H17N5O7/c29-23(34-13-17-10-18(28(30)31)9-16-12-32-14-35-21(16)17)20(11-19-7-4-8-33-19)27-22(24-25-26-27)15-5-2-1-3-6-15/h1-11H,12-14H2. The average Bonchev–Trinajstić information content (AvgIpc) is 3.58. The second kappa shape index (κ2) is 9.57. The quantitative estimate of drug-likeness (QED) is 0.169. The summed E-state index contributed by atoms with van der Waals surface area (Å²) < 4.78 is 22.9. The molecule has 0 atom stereocenters. The van der Waals surface area contributed by atoms with Crippen molar-refractivity contribution in [2.45, 2.75) is 13.2 Å². The number of aromatic nitrogens is 4. The van der Waals surface area contributed by atoms with Gasteiger partial charge in [-0.25, -0.2) is 4.79 Å². The van der Waals surface area contributed by atoms with Gasteiger partial charge >= 0.3 is 5.97 Å². The smallest absolute Gasteiger partial charge is 0.357 e. The first-order valence-corrected chi connectivity index (χ1v) is 10.4. The molecule has 35 heavy (non-hydrogen) atoms. The number of hydrogen-bond acceptors (Lipinski definition) is 10. The van der Waals surface area contributed by atoms with Gasteiger partial charge in [-0.05, 0) is 22.6 Å². The molecular weight excluding hydrogens is 458 g/mol. The number of ether oxygens (including phenoxy) is 3. The van der Waals surface area contributed by atoms with Crippen LogP contribution in [0.15, 0.2) is 65.3 Å². The Morgan fingerprint density at radius 1 is 1.20 bits per heavy atom. The largest absolute Gasteiger partial charge is 0.467 e. The van der Waals surface area contributed by atoms with Gasteiger partial charge < -0.3 is 18.6 Å². The first kappa shape index (κ1) is 22.0. The minimum absolute atomic E-state index is 0.0134. The van der Waals surface area contributed by atoms with Crippen molar-refractivity contribution in [2.75, 3.05) is 6.79 Å². The molecule has 1 aliphatic rings. The zero-order chi connectivity index (χ0) is 24.2. The van der Waals surface area contributed by atoms with E-state index in [0.717, 1.165) is 0 Å². The number of non-ortho nitro benzene ring substituents is 1. The Bertz CT molecular complexity index is 1400. The van der Waals surface area contributed by atoms with Crippen molar-refractivity contribution in [1.82, 2.24) is 20.2 Å². The minimum Gasteiger partial charge on any atom is -0.467 e. The van der Waals surface area contributed by atoms with Gasteiger partial charge in [0.1, 0.15) is 18.1 Å². The fourth-order valence-electron chi connectivity index (χ4n) is 3.54. The van der Waals surface area contributed by atoms with E-state index in [1.165, 1.54) is 29.2 Å². The highest BCUT2D eigenvalue weighted by molar-refractivity contribution is 6.15. The van der Waals surface area contributed by atoms with Crippen molar-refractivity contribution in [2.24, 2.45) is 0 Å². The van der Waals surface area contributed by atoms with Crippen LogP contribution in [0.2, 0.25) is 0 Å². The van der Waals surface area contributed by atoms with Crippen molar-refractivity contribution in [3.63, 3.8) is 0 Å². The van der Waals surface area contributed by atoms with Gasteiger partial charge in [0, 0.05) is 34.9 Å². The van der Waals surface area contributed by atoms with Gasteiger partial charge in [0.2, 0.25) is 0 Å². The van der Waals surface area contributed by atoms with Crippen molar-refractivity contribution < 1.29 is 28.3 Å². The third-order valence-corrected chi connectivity index (χ3v) is 5.10. The number of benzene rings is 2. The Kier molecular flexibility index (Phi) is 6.01. The number of hydrogen-bond donors (Lipinski definition) is 0. The van der Waals surface area contributed by atoms with E-state index in [9.17, 15) is 14.9 Å². The maximum absolute atomic E-state index is 13.3. The lowest BCUT2D eigenvalue weighted by Crippen LogP contribution is -2.17. The van der Waals surface area contributed by atoms with Gasteiger partial charge in [-0.15, -0.1) is 5.10 Å². The molecule has 0 N–H and O–H groups in total. The molecule has 3 heterocycles. The lowest BCUT2D eigenvalue weighted by molar-refractivity contribution is -0.385. The third kappa shape index (κ3) is 4.63. The molecule has 12 heteroatoms. The molecule has 0 aliphatic carbocycles. The van der Waals surface area contributed by atoms with Crippen LogP contribution in [0.3, 0.4) is 0 Å². The molecule has 5 rings (SSSR count). The van der Waals surface area contributed by atoms with Gasteiger partial charge in [-0.3, -0.25) is 10.1 Å². The number of tetrazole rings is 1. The average molecular weight is 475 g/mol. The van der Waals surface area contributed by atoms with E-state index in [4.69, 9.17) is 18.6 Å². The maximum atomic E-state index is 13.3. The molecule has 0 saturated carbocycles. The summed E-state index contributed by atoms with van der Waals surface area (Å²) in [6.07, 6.45) is 2.90. The fraction of sp³-hybridized carbons (Fsp3) is 0.130. The fourth-order valence-corrected chi connectivity index (χ4v) is 3.54. The molecule has 1 aliphatic heterocycles. The number of nitro benzene ring substituents is 1. The summed E-state index contributed by atoms with van der Waals surface area (Å²) in [5.41, 5.74) is 1.32. The first-order chi connectivity index (χ1) is 17.1. The van der Waals surface area contributed by atoms with E-state index in [-0.39, 0.29) is 31.4 Å². The Balaban J connectivity index is 1.48. The number of carbonyl (C=O) groups excluding carboxylic acids is 1. The number of esters is 1. The highest BCUT2D eigenvalue weighted by Gasteiger charge is 2.25. The summed E-state index contributed by atoms with van der Waals surface area (Å²) in [5.74, 6) is 0.296. The lowest BCUT2D eigenvalue weighted by atomic mass is 10.1. The van der Waals surface area contributed by atoms with Crippen LogP contribution in [-0.2, 0) is 27.5 Å². The molecular formula is C23H17N5O7. The van der Waals surface area contributed by atoms with E-state index in [1.54, 1.807) is 24.3 Å². The zero-order valence-electron chi connectivity index (χ0n) is 18.1. The molecule has 176 valence electrons. The van der Waals surface area contributed by atoms with E-state index in [2.05, 4.69) is 15.5 Å². The number of fused-ring (bicyclic) bond motifs is 1. The van der Waals surface area contributed by atoms with E-state index < -0.39 is 10.9 Å². The Labute approximate surface area is 197 Å². The van der Waals surface area contributed by atoms with Crippen LogP contribution in [-0.4, -0.2) is 37.9 Å². The molecule has 0 bridgehead atoms. The van der Waals surface area contributed by atoms with Gasteiger partial charge in [0.05, 0.1) is 17.8 Å². The summed E-state index contributed by atoms with van der Waals surface area (Å²) in [7, 11) is 0. The SMILES string of the molecule is O=C(OCc1cc([N+](=O)[O-])cc2c1OCOC2)C(=Cc1ccco1)n1nnnc1-c1ccccc1. The van der Waals surface area contributed by atoms with Crippen LogP contribution in [0.1, 0.15) is 16.9 Å². The van der Waals surface area contributed by atoms with Crippen LogP contribution in [0.25, 0.3) is 23.2 Å². The molecule has 0 unspecified atom stereocenters. The van der Waals surface area contributed by atoms with Gasteiger partial charge in [0.25, 0.3) is 5.69 Å². The lowest BCUT2D eigenvalue weighted by Gasteiger charge is -2.20. The maximum Gasteiger partial charge on any atom is 0.357 e. The highest BCUT2D eigenvalue weighted by atomic mass is 16.7. The topological polar surface area (TPSA) is 145 Å². The summed E-state index contributed by atoms with van der Waals surface area (Å²) in [4.78, 5) is 24.1. The highest BCUT2D eigenvalue weighted by Crippen LogP contribution is 2.33. The van der Waals surface area contributed by atoms with Crippen LogP contribution in [0.4, 0.5) is 5.69 Å². The zero-order valence-corrected chi connectivity index (χ0v) is 18.1. The molecule has 0 spiro atoms. The van der Waals surface area contributed by atoms with Crippen LogP contribution < -0.4 is 4.74 Å². The van der Waals surface area contributed by atoms with E-state index in [1.807, 2.05) is 18.2 Å². The monoisotopic (exact) mass is 475 g/mol. The van der Waals surface area contributed by atoms with E-state index in [0.29, 0.717) is 34.0 Å². The first-order valence-electron chi connectivity index (χ1n) is 10.4. The molecule has 2 aromatic carbocycles. The molecule has 0 radical (unpaired) electrons. The van der Waals surface area contributed by atoms with Crippen LogP contribution >= 0.6 is 0 Å². The second-order valence-electron chi connectivity index (χ2n) is 7.36. The molecule has 12 nitrogen and oxygen atoms in total. The summed E-state index contributed by atoms with van der Waals surface area (Å²) >= 11 is 0. The van der Waals surface area contributed by atoms with Gasteiger partial charge in [-0.2, -0.15) is 4.68 Å². The van der Waals surface area contributed by atoms with Crippen molar-refractivity contribution >= 4 is 23.4 Å². The van der Waals surface area contributed by atoms with E-state index >= 15 is 0 Å². The predicted molar refractivity (Wildman–Crippen MR) is 119 cm³/mol. The molecule has 4 aromatic rings. The minimum atomic E-state index is -0.779. The summed E-state index contributed by atoms with van der Waals surface area (Å²) in [5, 5.41) is 23.1. The number of nitrogens with zero attached hydrogens (tertiary/aromatic N) is 5. The third-order valence-electron chi connectivity index (χ3n) is 5.10. The molecule has 0 fully saturated rings. The number of rotatable bonds is 7. The normalized spacial score (nSPS) is 13.1. The molecule has 2 aromatic heterocycles. The van der Waals surface area contributed by atoms with Gasteiger partial charge in [-0.1, -0.05) is 30.3 Å². The van der Waals surface area contributed by atoms with Crippen LogP contribution in [0.5, 0.6) is 5.75 Å². The van der Waals surface area contributed by atoms with Crippen molar-refractivity contribution in [1.29, 1.82) is 0 Å². The van der Waals surface area contributed by atoms with Crippen molar-refractivity contribution in [3.8, 4) is 17.1 Å². The molecule has 0 amide bonds. The second-order valence-corrected chi connectivity index (χ2v) is 7.36. The van der Waals surface area contributed by atoms with Gasteiger partial charge in [0.15, 0.2) is 18.3 Å². The van der Waals surface area contributed by atoms with Crippen molar-refractivity contribution in [3.05, 3.63) is 87.9 Å². The Morgan fingerprint density at radius 3 is 2.83 bits per heavy atom. The predicted octanol–water partition coefficient (Wildman–Crippen LogP) is 3.45. The Morgan fingerprint density at radius 2 is 2.06 bits per heavy atom. The molecule has 0 saturated heterocycles. The number of carbonyl (C=O) groups is 1. The number of nitro groups is 1. The van der Waals surface area contributed by atoms with Crippen LogP contribution in [0, 0.1) is 10.1 Å².